The first-order valence-corrected chi connectivity index (χ1v) is 5.86. The van der Waals surface area contributed by atoms with E-state index in [0.29, 0.717) is 0 Å². The summed E-state index contributed by atoms with van der Waals surface area (Å²) >= 11 is 0. The molecule has 0 fully saturated rings. The van der Waals surface area contributed by atoms with Gasteiger partial charge in [-0.2, -0.15) is 0 Å². The largest absolute Gasteiger partial charge is 0.496 e. The van der Waals surface area contributed by atoms with E-state index in [4.69, 9.17) is 9.15 Å². The first-order chi connectivity index (χ1) is 8.40. The number of hydrogen-bond acceptors (Lipinski definition) is 3. The van der Waals surface area contributed by atoms with Crippen molar-refractivity contribution in [3.05, 3.63) is 47.9 Å². The summed E-state index contributed by atoms with van der Waals surface area (Å²) < 4.78 is 11.2. The lowest BCUT2D eigenvalue weighted by Gasteiger charge is -2.16. The summed E-state index contributed by atoms with van der Waals surface area (Å²) in [4.78, 5) is 0. The summed E-state index contributed by atoms with van der Waals surface area (Å²) in [6, 6.07) is 8.15. The molecule has 88 valence electrons. The molecule has 0 bridgehead atoms. The lowest BCUT2D eigenvalue weighted by molar-refractivity contribution is 0.218. The average molecular weight is 229 g/mol. The maximum absolute atomic E-state index is 5.64. The molecule has 2 heterocycles. The van der Waals surface area contributed by atoms with E-state index in [1.54, 1.807) is 0 Å². The van der Waals surface area contributed by atoms with Crippen molar-refractivity contribution < 1.29 is 9.15 Å². The minimum Gasteiger partial charge on any atom is -0.496 e. The molecule has 0 saturated carbocycles. The van der Waals surface area contributed by atoms with E-state index in [2.05, 4.69) is 17.5 Å². The molecular formula is C14H15NO2. The van der Waals surface area contributed by atoms with Gasteiger partial charge in [-0.25, -0.2) is 0 Å². The molecule has 1 unspecified atom stereocenters. The third-order valence-corrected chi connectivity index (χ3v) is 3.13. The van der Waals surface area contributed by atoms with E-state index >= 15 is 0 Å². The molecule has 1 N–H and O–H groups in total. The Labute approximate surface area is 100 Å². The summed E-state index contributed by atoms with van der Waals surface area (Å²) in [6.45, 7) is 0.781. The lowest BCUT2D eigenvalue weighted by atomic mass is 10.0. The highest BCUT2D eigenvalue weighted by Crippen LogP contribution is 2.32. The van der Waals surface area contributed by atoms with Gasteiger partial charge in [0.15, 0.2) is 0 Å². The Kier molecular flexibility index (Phi) is 2.61. The van der Waals surface area contributed by atoms with E-state index in [0.717, 1.165) is 35.3 Å². The Morgan fingerprint density at radius 1 is 1.29 bits per heavy atom. The van der Waals surface area contributed by atoms with Gasteiger partial charge in [0, 0.05) is 17.4 Å². The average Bonchev–Trinajstić information content (AvgIpc) is 3.01. The van der Waals surface area contributed by atoms with Crippen LogP contribution in [-0.2, 0) is 4.74 Å². The molecule has 1 aliphatic rings. The van der Waals surface area contributed by atoms with Crippen LogP contribution in [0.4, 0.5) is 0 Å². The molecule has 0 amide bonds. The molecule has 3 nitrogen and oxygen atoms in total. The second-order valence-electron chi connectivity index (χ2n) is 4.15. The zero-order valence-corrected chi connectivity index (χ0v) is 9.77. The van der Waals surface area contributed by atoms with Gasteiger partial charge in [-0.15, -0.1) is 0 Å². The molecule has 1 atom stereocenters. The molecule has 3 rings (SSSR count). The highest BCUT2D eigenvalue weighted by molar-refractivity contribution is 5.81. The number of para-hydroxylation sites is 1. The van der Waals surface area contributed by atoms with Gasteiger partial charge in [0.25, 0.3) is 0 Å². The van der Waals surface area contributed by atoms with Crippen molar-refractivity contribution in [2.45, 2.75) is 12.5 Å². The van der Waals surface area contributed by atoms with Crippen LogP contribution in [0, 0.1) is 0 Å². The van der Waals surface area contributed by atoms with Gasteiger partial charge in [-0.05, 0) is 19.2 Å². The number of ether oxygens (including phenoxy) is 1. The number of benzene rings is 1. The van der Waals surface area contributed by atoms with Crippen LogP contribution in [-0.4, -0.2) is 13.7 Å². The standard InChI is InChI=1S/C14H15NO2/c1-15-14(13-7-4-8-16-13)11-9-17-12-6-3-2-5-10(11)12/h2-3,5-7,9,14-15H,4,8H2,1H3. The molecule has 3 heteroatoms. The van der Waals surface area contributed by atoms with Gasteiger partial charge in [0.05, 0.1) is 18.9 Å². The Hall–Kier alpha value is -1.74. The summed E-state index contributed by atoms with van der Waals surface area (Å²) in [7, 11) is 1.94. The van der Waals surface area contributed by atoms with Crippen molar-refractivity contribution in [2.24, 2.45) is 0 Å². The van der Waals surface area contributed by atoms with Gasteiger partial charge < -0.3 is 14.5 Å². The number of furan rings is 1. The molecular weight excluding hydrogens is 214 g/mol. The second kappa shape index (κ2) is 4.26. The highest BCUT2D eigenvalue weighted by Gasteiger charge is 2.22. The Morgan fingerprint density at radius 2 is 2.18 bits per heavy atom. The summed E-state index contributed by atoms with van der Waals surface area (Å²) in [5, 5.41) is 4.43. The number of fused-ring (bicyclic) bond motifs is 1. The van der Waals surface area contributed by atoms with E-state index in [9.17, 15) is 0 Å². The Balaban J connectivity index is 2.06. The van der Waals surface area contributed by atoms with Crippen molar-refractivity contribution in [1.29, 1.82) is 0 Å². The number of rotatable bonds is 3. The predicted octanol–water partition coefficient (Wildman–Crippen LogP) is 3.00. The van der Waals surface area contributed by atoms with Crippen molar-refractivity contribution in [1.82, 2.24) is 5.32 Å². The third kappa shape index (κ3) is 1.72. The summed E-state index contributed by atoms with van der Waals surface area (Å²) in [6.07, 6.45) is 4.95. The SMILES string of the molecule is CNC(C1=CCCO1)c1coc2ccccc12. The molecule has 17 heavy (non-hydrogen) atoms. The molecule has 2 aromatic rings. The smallest absolute Gasteiger partial charge is 0.134 e. The van der Waals surface area contributed by atoms with Crippen molar-refractivity contribution >= 4 is 11.0 Å². The first-order valence-electron chi connectivity index (χ1n) is 5.86. The normalized spacial score (nSPS) is 16.9. The minimum atomic E-state index is 0.0844. The predicted molar refractivity (Wildman–Crippen MR) is 66.7 cm³/mol. The maximum Gasteiger partial charge on any atom is 0.134 e. The summed E-state index contributed by atoms with van der Waals surface area (Å²) in [5.74, 6) is 0.999. The van der Waals surface area contributed by atoms with Crippen LogP contribution in [0.2, 0.25) is 0 Å². The van der Waals surface area contributed by atoms with Crippen molar-refractivity contribution in [2.75, 3.05) is 13.7 Å². The number of hydrogen-bond donors (Lipinski definition) is 1. The van der Waals surface area contributed by atoms with E-state index in [1.807, 2.05) is 31.5 Å². The van der Waals surface area contributed by atoms with Crippen LogP contribution in [0.5, 0.6) is 0 Å². The van der Waals surface area contributed by atoms with Crippen molar-refractivity contribution in [3.8, 4) is 0 Å². The highest BCUT2D eigenvalue weighted by atomic mass is 16.5. The fourth-order valence-electron chi connectivity index (χ4n) is 2.31. The fourth-order valence-corrected chi connectivity index (χ4v) is 2.31. The van der Waals surface area contributed by atoms with Crippen LogP contribution in [0.25, 0.3) is 11.0 Å². The quantitative estimate of drug-likeness (QED) is 0.878. The molecule has 0 radical (unpaired) electrons. The molecule has 1 aromatic heterocycles. The van der Waals surface area contributed by atoms with Gasteiger partial charge in [0.2, 0.25) is 0 Å². The molecule has 1 aromatic carbocycles. The lowest BCUT2D eigenvalue weighted by Crippen LogP contribution is -2.18. The van der Waals surface area contributed by atoms with Crippen molar-refractivity contribution in [3.63, 3.8) is 0 Å². The van der Waals surface area contributed by atoms with Gasteiger partial charge >= 0.3 is 0 Å². The molecule has 0 aliphatic carbocycles. The number of likely N-dealkylation sites (N-methyl/N-ethyl adjacent to an activating group) is 1. The number of nitrogens with one attached hydrogen (secondary N) is 1. The monoisotopic (exact) mass is 229 g/mol. The Morgan fingerprint density at radius 3 is 2.94 bits per heavy atom. The van der Waals surface area contributed by atoms with Gasteiger partial charge in [-0.1, -0.05) is 18.2 Å². The second-order valence-corrected chi connectivity index (χ2v) is 4.15. The zero-order valence-electron chi connectivity index (χ0n) is 9.77. The summed E-state index contributed by atoms with van der Waals surface area (Å²) in [5.41, 5.74) is 2.05. The van der Waals surface area contributed by atoms with Gasteiger partial charge in [-0.3, -0.25) is 0 Å². The fraction of sp³-hybridized carbons (Fsp3) is 0.286. The first kappa shape index (κ1) is 10.4. The minimum absolute atomic E-state index is 0.0844. The van der Waals surface area contributed by atoms with Crippen LogP contribution in [0.15, 0.2) is 46.8 Å². The Bertz CT molecular complexity index is 556. The third-order valence-electron chi connectivity index (χ3n) is 3.13. The van der Waals surface area contributed by atoms with Crippen LogP contribution in [0.3, 0.4) is 0 Å². The van der Waals surface area contributed by atoms with Crippen LogP contribution < -0.4 is 5.32 Å². The zero-order chi connectivity index (χ0) is 11.7. The van der Waals surface area contributed by atoms with Crippen LogP contribution in [0.1, 0.15) is 18.0 Å². The topological polar surface area (TPSA) is 34.4 Å². The van der Waals surface area contributed by atoms with E-state index in [1.165, 1.54) is 0 Å². The van der Waals surface area contributed by atoms with Crippen LogP contribution >= 0.6 is 0 Å². The van der Waals surface area contributed by atoms with E-state index in [-0.39, 0.29) is 6.04 Å². The molecule has 1 aliphatic heterocycles. The maximum atomic E-state index is 5.64. The molecule has 0 saturated heterocycles. The van der Waals surface area contributed by atoms with E-state index < -0.39 is 0 Å². The molecule has 0 spiro atoms. The van der Waals surface area contributed by atoms with Gasteiger partial charge in [0.1, 0.15) is 11.3 Å².